The van der Waals surface area contributed by atoms with Crippen LogP contribution in [0.3, 0.4) is 0 Å². The molecule has 6 nitrogen and oxygen atoms in total. The van der Waals surface area contributed by atoms with E-state index in [1.54, 1.807) is 0 Å². The van der Waals surface area contributed by atoms with Crippen LogP contribution in [-0.2, 0) is 0 Å². The number of para-hydroxylation sites is 7. The quantitative estimate of drug-likeness (QED) is 0.177. The van der Waals surface area contributed by atoms with E-state index in [-0.39, 0.29) is 6.04 Å². The normalized spacial score (nSPS) is 17.1. The molecule has 3 heterocycles. The highest BCUT2D eigenvalue weighted by atomic mass is 15.1. The Morgan fingerprint density at radius 2 is 1.06 bits per heavy atom. The number of aromatic nitrogens is 6. The van der Waals surface area contributed by atoms with Crippen molar-refractivity contribution in [1.29, 1.82) is 0 Å². The van der Waals surface area contributed by atoms with Gasteiger partial charge in [0, 0.05) is 34.0 Å². The Hall–Kier alpha value is -6.53. The van der Waals surface area contributed by atoms with E-state index in [4.69, 9.17) is 15.0 Å². The van der Waals surface area contributed by atoms with E-state index in [2.05, 4.69) is 184 Å². The topological polar surface area (TPSA) is 53.5 Å². The molecule has 3 aromatic heterocycles. The van der Waals surface area contributed by atoms with Gasteiger partial charge >= 0.3 is 0 Å². The molecule has 250 valence electrons. The standard InChI is InChI=1S/C46H36N6/c1-31-16-8-12-24-40(31)52-43-27-15-11-23-39(43)49-46(52)34-29-32(44-47-37-21-9-13-25-41(37)50(44)35-17-4-2-5-18-35)28-33(30-34)45-48-38-22-10-14-26-42(38)51(45)36-19-6-3-7-20-36/h2-15,17-19,21-31,36H,16,20H2,1H3. The summed E-state index contributed by atoms with van der Waals surface area (Å²) < 4.78 is 7.04. The first-order valence-corrected chi connectivity index (χ1v) is 18.1. The Morgan fingerprint density at radius 1 is 0.519 bits per heavy atom. The summed E-state index contributed by atoms with van der Waals surface area (Å²) in [6.45, 7) is 2.30. The van der Waals surface area contributed by atoms with Crippen LogP contribution in [0.2, 0.25) is 0 Å². The molecule has 0 fully saturated rings. The summed E-state index contributed by atoms with van der Waals surface area (Å²) in [6.07, 6.45) is 17.3. The van der Waals surface area contributed by atoms with Crippen LogP contribution in [0, 0.1) is 5.92 Å². The fraction of sp³-hybridized carbons (Fsp3) is 0.109. The van der Waals surface area contributed by atoms with Crippen molar-refractivity contribution in [3.8, 4) is 39.9 Å². The lowest BCUT2D eigenvalue weighted by Crippen LogP contribution is -2.10. The van der Waals surface area contributed by atoms with Crippen LogP contribution in [-0.4, -0.2) is 28.7 Å². The number of fused-ring (bicyclic) bond motifs is 3. The van der Waals surface area contributed by atoms with Crippen molar-refractivity contribution >= 4 is 38.8 Å². The third-order valence-electron chi connectivity index (χ3n) is 10.4. The van der Waals surface area contributed by atoms with Gasteiger partial charge in [0.1, 0.15) is 17.5 Å². The molecule has 2 atom stereocenters. The van der Waals surface area contributed by atoms with Crippen LogP contribution < -0.4 is 0 Å². The number of hydrogen-bond acceptors (Lipinski definition) is 3. The number of hydrogen-bond donors (Lipinski definition) is 0. The van der Waals surface area contributed by atoms with Crippen molar-refractivity contribution in [3.05, 3.63) is 164 Å². The van der Waals surface area contributed by atoms with Crippen LogP contribution in [0.15, 0.2) is 164 Å². The maximum atomic E-state index is 5.36. The van der Waals surface area contributed by atoms with E-state index >= 15 is 0 Å². The molecule has 0 spiro atoms. The molecule has 0 radical (unpaired) electrons. The minimum atomic E-state index is 0.137. The second-order valence-electron chi connectivity index (χ2n) is 13.7. The molecule has 10 rings (SSSR count). The third-order valence-corrected chi connectivity index (χ3v) is 10.4. The summed E-state index contributed by atoms with van der Waals surface area (Å²) >= 11 is 0. The molecule has 0 amide bonds. The largest absolute Gasteiger partial charge is 0.317 e. The van der Waals surface area contributed by atoms with Crippen LogP contribution in [0.4, 0.5) is 0 Å². The molecule has 0 saturated heterocycles. The van der Waals surface area contributed by atoms with E-state index < -0.39 is 0 Å². The summed E-state index contributed by atoms with van der Waals surface area (Å²) in [4.78, 5) is 16.0. The minimum absolute atomic E-state index is 0.137. The van der Waals surface area contributed by atoms with E-state index in [0.717, 1.165) is 85.8 Å². The van der Waals surface area contributed by atoms with Gasteiger partial charge in [-0.2, -0.15) is 0 Å². The van der Waals surface area contributed by atoms with Crippen molar-refractivity contribution in [2.24, 2.45) is 5.92 Å². The smallest absolute Gasteiger partial charge is 0.145 e. The zero-order valence-electron chi connectivity index (χ0n) is 28.8. The van der Waals surface area contributed by atoms with Gasteiger partial charge in [-0.1, -0.05) is 98.0 Å². The van der Waals surface area contributed by atoms with E-state index in [9.17, 15) is 0 Å². The Labute approximate surface area is 302 Å². The predicted octanol–water partition coefficient (Wildman–Crippen LogP) is 11.2. The second-order valence-corrected chi connectivity index (χ2v) is 13.7. The molecular formula is C46H36N6. The lowest BCUT2D eigenvalue weighted by atomic mass is 9.98. The van der Waals surface area contributed by atoms with Crippen molar-refractivity contribution in [2.75, 3.05) is 0 Å². The SMILES string of the molecule is CC1CC=CC=C1n1c(-c2cc(-c3nc4ccccc4n3-c3ccccc3)cc(-c3nc4ccccc4n3C3C=CC=CC3)c2)nc2ccccc21. The molecular weight excluding hydrogens is 637 g/mol. The predicted molar refractivity (Wildman–Crippen MR) is 213 cm³/mol. The molecule has 8 aromatic rings. The molecule has 2 aliphatic rings. The Kier molecular flexibility index (Phi) is 7.20. The van der Waals surface area contributed by atoms with Crippen LogP contribution in [0.5, 0.6) is 0 Å². The summed E-state index contributed by atoms with van der Waals surface area (Å²) in [6, 6.07) is 42.8. The number of allylic oxidation sites excluding steroid dienone is 8. The van der Waals surface area contributed by atoms with Gasteiger partial charge in [0.25, 0.3) is 0 Å². The maximum absolute atomic E-state index is 5.36. The van der Waals surface area contributed by atoms with Gasteiger partial charge in [-0.3, -0.25) is 9.13 Å². The first-order valence-electron chi connectivity index (χ1n) is 18.1. The number of imidazole rings is 3. The lowest BCUT2D eigenvalue weighted by molar-refractivity contribution is 0.631. The third kappa shape index (κ3) is 4.98. The van der Waals surface area contributed by atoms with Gasteiger partial charge < -0.3 is 4.57 Å². The van der Waals surface area contributed by atoms with Crippen molar-refractivity contribution in [3.63, 3.8) is 0 Å². The van der Waals surface area contributed by atoms with Gasteiger partial charge in [0.15, 0.2) is 0 Å². The first kappa shape index (κ1) is 30.3. The molecule has 0 aliphatic heterocycles. The van der Waals surface area contributed by atoms with E-state index in [1.807, 2.05) is 0 Å². The van der Waals surface area contributed by atoms with Crippen LogP contribution in [0.1, 0.15) is 25.8 Å². The summed E-state index contributed by atoms with van der Waals surface area (Å²) in [7, 11) is 0. The maximum Gasteiger partial charge on any atom is 0.145 e. The lowest BCUT2D eigenvalue weighted by Gasteiger charge is -2.22. The molecule has 0 bridgehead atoms. The van der Waals surface area contributed by atoms with Gasteiger partial charge in [0.2, 0.25) is 0 Å². The van der Waals surface area contributed by atoms with E-state index in [1.165, 1.54) is 5.70 Å². The molecule has 2 unspecified atom stereocenters. The Bertz CT molecular complexity index is 2770. The average molecular weight is 673 g/mol. The van der Waals surface area contributed by atoms with Gasteiger partial charge in [0.05, 0.1) is 39.1 Å². The summed E-state index contributed by atoms with van der Waals surface area (Å²) in [5.41, 5.74) is 11.5. The fourth-order valence-electron chi connectivity index (χ4n) is 7.93. The minimum Gasteiger partial charge on any atom is -0.317 e. The van der Waals surface area contributed by atoms with Crippen LogP contribution in [0.25, 0.3) is 78.6 Å². The fourth-order valence-corrected chi connectivity index (χ4v) is 7.93. The number of rotatable bonds is 6. The monoisotopic (exact) mass is 672 g/mol. The highest BCUT2D eigenvalue weighted by Crippen LogP contribution is 2.40. The van der Waals surface area contributed by atoms with Gasteiger partial charge in [-0.25, -0.2) is 15.0 Å². The number of nitrogens with zero attached hydrogens (tertiary/aromatic N) is 6. The van der Waals surface area contributed by atoms with Crippen LogP contribution >= 0.6 is 0 Å². The van der Waals surface area contributed by atoms with Crippen molar-refractivity contribution in [1.82, 2.24) is 28.7 Å². The van der Waals surface area contributed by atoms with Gasteiger partial charge in [-0.15, -0.1) is 0 Å². The zero-order chi connectivity index (χ0) is 34.6. The summed E-state index contributed by atoms with van der Waals surface area (Å²) in [5.74, 6) is 3.03. The molecule has 0 saturated carbocycles. The molecule has 5 aromatic carbocycles. The van der Waals surface area contributed by atoms with E-state index in [0.29, 0.717) is 5.92 Å². The average Bonchev–Trinajstić information content (AvgIpc) is 3.91. The highest BCUT2D eigenvalue weighted by molar-refractivity contribution is 5.90. The first-order chi connectivity index (χ1) is 25.7. The van der Waals surface area contributed by atoms with Crippen molar-refractivity contribution < 1.29 is 0 Å². The second kappa shape index (κ2) is 12.4. The molecule has 2 aliphatic carbocycles. The van der Waals surface area contributed by atoms with Crippen molar-refractivity contribution in [2.45, 2.75) is 25.8 Å². The number of benzene rings is 5. The Balaban J connectivity index is 1.29. The molecule has 52 heavy (non-hydrogen) atoms. The van der Waals surface area contributed by atoms with Gasteiger partial charge in [-0.05, 0) is 85.6 Å². The summed E-state index contributed by atoms with van der Waals surface area (Å²) in [5, 5.41) is 0. The molecule has 0 N–H and O–H groups in total. The highest BCUT2D eigenvalue weighted by Gasteiger charge is 2.25. The zero-order valence-corrected chi connectivity index (χ0v) is 28.8. The molecule has 6 heteroatoms. The Morgan fingerprint density at radius 3 is 1.71 bits per heavy atom.